The summed E-state index contributed by atoms with van der Waals surface area (Å²) >= 11 is 0. The average molecular weight is 285 g/mol. The minimum Gasteiger partial charge on any atom is -0.454 e. The number of hydrogen-bond donors (Lipinski definition) is 0. The van der Waals surface area contributed by atoms with Crippen molar-refractivity contribution in [2.45, 2.75) is 44.1 Å². The number of nitrogens with zero attached hydrogens (tertiary/aromatic N) is 1. The van der Waals surface area contributed by atoms with Crippen molar-refractivity contribution < 1.29 is 14.3 Å². The SMILES string of the molecule is O=C1CC2CCCCC23c2cc4c(cc2CCN13)OCO4. The molecule has 0 aromatic heterocycles. The van der Waals surface area contributed by atoms with Crippen LogP contribution in [0.2, 0.25) is 0 Å². The average Bonchev–Trinajstić information content (AvgIpc) is 3.06. The van der Waals surface area contributed by atoms with E-state index in [1.54, 1.807) is 0 Å². The molecule has 1 aliphatic carbocycles. The Morgan fingerprint density at radius 1 is 1.19 bits per heavy atom. The molecular formula is C17H19NO3. The van der Waals surface area contributed by atoms with Gasteiger partial charge in [0.25, 0.3) is 0 Å². The highest BCUT2D eigenvalue weighted by Crippen LogP contribution is 2.56. The van der Waals surface area contributed by atoms with Crippen molar-refractivity contribution >= 4 is 5.91 Å². The van der Waals surface area contributed by atoms with Gasteiger partial charge in [-0.25, -0.2) is 0 Å². The van der Waals surface area contributed by atoms with Crippen LogP contribution in [0.4, 0.5) is 0 Å². The lowest BCUT2D eigenvalue weighted by Crippen LogP contribution is -2.52. The minimum absolute atomic E-state index is 0.0517. The molecular weight excluding hydrogens is 266 g/mol. The molecule has 1 aromatic rings. The van der Waals surface area contributed by atoms with Gasteiger partial charge in [-0.3, -0.25) is 4.79 Å². The first kappa shape index (κ1) is 11.9. The summed E-state index contributed by atoms with van der Waals surface area (Å²) in [6.45, 7) is 1.18. The zero-order chi connectivity index (χ0) is 14.0. The zero-order valence-electron chi connectivity index (χ0n) is 12.1. The molecule has 3 heterocycles. The van der Waals surface area contributed by atoms with Crippen LogP contribution in [0.5, 0.6) is 11.5 Å². The first-order valence-electron chi connectivity index (χ1n) is 8.02. The predicted octanol–water partition coefficient (Wildman–Crippen LogP) is 2.59. The van der Waals surface area contributed by atoms with E-state index in [1.807, 2.05) is 0 Å². The molecule has 1 aromatic carbocycles. The molecule has 1 spiro atoms. The van der Waals surface area contributed by atoms with Crippen LogP contribution in [-0.2, 0) is 16.8 Å². The van der Waals surface area contributed by atoms with Gasteiger partial charge in [0.2, 0.25) is 12.7 Å². The molecule has 2 fully saturated rings. The van der Waals surface area contributed by atoms with Gasteiger partial charge in [0.05, 0.1) is 5.54 Å². The van der Waals surface area contributed by atoms with Crippen molar-refractivity contribution in [3.63, 3.8) is 0 Å². The van der Waals surface area contributed by atoms with E-state index in [-0.39, 0.29) is 5.54 Å². The van der Waals surface area contributed by atoms with Crippen LogP contribution >= 0.6 is 0 Å². The van der Waals surface area contributed by atoms with Gasteiger partial charge in [-0.15, -0.1) is 0 Å². The summed E-state index contributed by atoms with van der Waals surface area (Å²) in [5, 5.41) is 0. The van der Waals surface area contributed by atoms with E-state index in [9.17, 15) is 4.79 Å². The van der Waals surface area contributed by atoms with Crippen molar-refractivity contribution in [1.29, 1.82) is 0 Å². The second-order valence-electron chi connectivity index (χ2n) is 6.73. The lowest BCUT2D eigenvalue weighted by atomic mass is 9.66. The molecule has 1 amide bonds. The topological polar surface area (TPSA) is 38.8 Å². The van der Waals surface area contributed by atoms with Crippen molar-refractivity contribution in [3.05, 3.63) is 23.3 Å². The molecule has 2 atom stereocenters. The van der Waals surface area contributed by atoms with Gasteiger partial charge in [-0.2, -0.15) is 0 Å². The van der Waals surface area contributed by atoms with Crippen LogP contribution in [0.1, 0.15) is 43.2 Å². The molecule has 2 unspecified atom stereocenters. The van der Waals surface area contributed by atoms with Crippen LogP contribution in [0.25, 0.3) is 0 Å². The van der Waals surface area contributed by atoms with E-state index < -0.39 is 0 Å². The Morgan fingerprint density at radius 3 is 2.95 bits per heavy atom. The summed E-state index contributed by atoms with van der Waals surface area (Å²) in [5.74, 6) is 2.56. The third kappa shape index (κ3) is 1.38. The number of carbonyl (C=O) groups excluding carboxylic acids is 1. The number of hydrogen-bond acceptors (Lipinski definition) is 3. The fourth-order valence-electron chi connectivity index (χ4n) is 5.05. The molecule has 3 aliphatic heterocycles. The van der Waals surface area contributed by atoms with E-state index in [0.717, 1.165) is 37.3 Å². The van der Waals surface area contributed by atoms with Gasteiger partial charge in [-0.1, -0.05) is 12.8 Å². The van der Waals surface area contributed by atoms with Crippen molar-refractivity contribution in [1.82, 2.24) is 4.90 Å². The molecule has 1 saturated carbocycles. The van der Waals surface area contributed by atoms with Gasteiger partial charge in [0.15, 0.2) is 11.5 Å². The fraction of sp³-hybridized carbons (Fsp3) is 0.588. The van der Waals surface area contributed by atoms with E-state index in [4.69, 9.17) is 9.47 Å². The Hall–Kier alpha value is -1.71. The van der Waals surface area contributed by atoms with Crippen LogP contribution in [-0.4, -0.2) is 24.1 Å². The van der Waals surface area contributed by atoms with Crippen molar-refractivity contribution in [3.8, 4) is 11.5 Å². The molecule has 5 rings (SSSR count). The predicted molar refractivity (Wildman–Crippen MR) is 76.2 cm³/mol. The first-order chi connectivity index (χ1) is 10.3. The number of benzene rings is 1. The molecule has 0 bridgehead atoms. The van der Waals surface area contributed by atoms with Gasteiger partial charge >= 0.3 is 0 Å². The Morgan fingerprint density at radius 2 is 2.05 bits per heavy atom. The standard InChI is InChI=1S/C17H19NO3/c19-16-8-12-3-1-2-5-17(12)13-9-15-14(20-10-21-15)7-11(13)4-6-18(16)17/h7,9,12H,1-6,8,10H2. The summed E-state index contributed by atoms with van der Waals surface area (Å²) in [6, 6.07) is 4.32. The highest BCUT2D eigenvalue weighted by atomic mass is 16.7. The first-order valence-corrected chi connectivity index (χ1v) is 8.02. The van der Waals surface area contributed by atoms with Crippen molar-refractivity contribution in [2.75, 3.05) is 13.3 Å². The number of rotatable bonds is 0. The zero-order valence-corrected chi connectivity index (χ0v) is 12.1. The largest absolute Gasteiger partial charge is 0.454 e. The van der Waals surface area contributed by atoms with Gasteiger partial charge in [0, 0.05) is 13.0 Å². The second-order valence-corrected chi connectivity index (χ2v) is 6.73. The molecule has 4 nitrogen and oxygen atoms in total. The summed E-state index contributed by atoms with van der Waals surface area (Å²) < 4.78 is 11.1. The molecule has 110 valence electrons. The highest BCUT2D eigenvalue weighted by molar-refractivity contribution is 5.81. The lowest BCUT2D eigenvalue weighted by Gasteiger charge is -2.49. The van der Waals surface area contributed by atoms with E-state index in [1.165, 1.54) is 30.4 Å². The highest BCUT2D eigenvalue weighted by Gasteiger charge is 2.56. The number of ether oxygens (including phenoxy) is 2. The Bertz CT molecular complexity index is 641. The monoisotopic (exact) mass is 285 g/mol. The Labute approximate surface area is 124 Å². The van der Waals surface area contributed by atoms with Gasteiger partial charge in [0.1, 0.15) is 0 Å². The Kier molecular flexibility index (Phi) is 2.23. The maximum atomic E-state index is 12.5. The maximum Gasteiger partial charge on any atom is 0.231 e. The summed E-state index contributed by atoms with van der Waals surface area (Å²) in [6.07, 6.45) is 6.42. The van der Waals surface area contributed by atoms with Crippen LogP contribution in [0.15, 0.2) is 12.1 Å². The quantitative estimate of drug-likeness (QED) is 0.735. The van der Waals surface area contributed by atoms with Gasteiger partial charge < -0.3 is 14.4 Å². The third-order valence-corrected chi connectivity index (χ3v) is 5.91. The summed E-state index contributed by atoms with van der Waals surface area (Å²) in [7, 11) is 0. The van der Waals surface area contributed by atoms with Crippen LogP contribution in [0.3, 0.4) is 0 Å². The molecule has 4 aliphatic rings. The molecule has 0 radical (unpaired) electrons. The smallest absolute Gasteiger partial charge is 0.231 e. The van der Waals surface area contributed by atoms with Gasteiger partial charge in [-0.05, 0) is 48.4 Å². The number of carbonyl (C=O) groups is 1. The molecule has 21 heavy (non-hydrogen) atoms. The lowest BCUT2D eigenvalue weighted by molar-refractivity contribution is -0.132. The van der Waals surface area contributed by atoms with Crippen molar-refractivity contribution in [2.24, 2.45) is 5.92 Å². The molecule has 0 N–H and O–H groups in total. The third-order valence-electron chi connectivity index (χ3n) is 5.91. The Balaban J connectivity index is 1.73. The molecule has 4 heteroatoms. The van der Waals surface area contributed by atoms with Crippen LogP contribution < -0.4 is 9.47 Å². The number of fused-ring (bicyclic) bond motifs is 2. The minimum atomic E-state index is -0.0517. The summed E-state index contributed by atoms with van der Waals surface area (Å²) in [5.41, 5.74) is 2.65. The fourth-order valence-corrected chi connectivity index (χ4v) is 5.05. The normalized spacial score (nSPS) is 32.7. The van der Waals surface area contributed by atoms with E-state index in [2.05, 4.69) is 17.0 Å². The van der Waals surface area contributed by atoms with E-state index in [0.29, 0.717) is 18.6 Å². The number of amides is 1. The van der Waals surface area contributed by atoms with E-state index >= 15 is 0 Å². The maximum absolute atomic E-state index is 12.5. The molecule has 1 saturated heterocycles. The van der Waals surface area contributed by atoms with Crippen LogP contribution in [0, 0.1) is 5.92 Å². The summed E-state index contributed by atoms with van der Waals surface area (Å²) in [4.78, 5) is 14.7. The second kappa shape index (κ2) is 3.93.